The summed E-state index contributed by atoms with van der Waals surface area (Å²) in [6.07, 6.45) is 0. The van der Waals surface area contributed by atoms with Crippen LogP contribution in [0.3, 0.4) is 0 Å². The molecular formula is C13H13N5O5S2. The van der Waals surface area contributed by atoms with Crippen LogP contribution in [0.1, 0.15) is 12.6 Å². The highest BCUT2D eigenvalue weighted by Crippen LogP contribution is 2.40. The molecule has 2 N–H and O–H groups in total. The molecule has 0 spiro atoms. The molecule has 0 bridgehead atoms. The number of carbonyl (C=O) groups excluding carboxylic acids is 2. The largest absolute Gasteiger partial charge is 0.477 e. The number of aromatic nitrogens is 2. The lowest BCUT2D eigenvalue weighted by molar-refractivity contribution is -0.150. The van der Waals surface area contributed by atoms with Crippen LogP contribution in [0.4, 0.5) is 0 Å². The Morgan fingerprint density at radius 1 is 1.52 bits per heavy atom. The van der Waals surface area contributed by atoms with E-state index in [1.165, 1.54) is 29.2 Å². The summed E-state index contributed by atoms with van der Waals surface area (Å²) < 4.78 is 3.66. The third-order valence-electron chi connectivity index (χ3n) is 3.65. The molecule has 3 heterocycles. The van der Waals surface area contributed by atoms with Crippen molar-refractivity contribution < 1.29 is 24.3 Å². The first-order chi connectivity index (χ1) is 12.0. The van der Waals surface area contributed by atoms with Gasteiger partial charge in [0.05, 0.1) is 0 Å². The normalized spacial score (nSPS) is 23.0. The molecule has 2 aliphatic rings. The Hall–Kier alpha value is -2.47. The third kappa shape index (κ3) is 2.98. The number of carboxylic acid groups (broad SMARTS) is 1. The summed E-state index contributed by atoms with van der Waals surface area (Å²) in [5.41, 5.74) is 0.718. The van der Waals surface area contributed by atoms with Gasteiger partial charge >= 0.3 is 5.97 Å². The maximum atomic E-state index is 12.4. The van der Waals surface area contributed by atoms with Crippen LogP contribution in [0, 0.1) is 0 Å². The van der Waals surface area contributed by atoms with E-state index in [9.17, 15) is 19.5 Å². The van der Waals surface area contributed by atoms with Crippen molar-refractivity contribution in [2.75, 3.05) is 12.9 Å². The quantitative estimate of drug-likeness (QED) is 0.400. The first kappa shape index (κ1) is 17.4. The van der Waals surface area contributed by atoms with Crippen LogP contribution in [0.25, 0.3) is 0 Å². The number of hydrogen-bond acceptors (Lipinski definition) is 9. The van der Waals surface area contributed by atoms with Crippen molar-refractivity contribution in [2.24, 2.45) is 5.16 Å². The molecule has 2 amide bonds. The van der Waals surface area contributed by atoms with Crippen molar-refractivity contribution >= 4 is 46.8 Å². The van der Waals surface area contributed by atoms with Gasteiger partial charge in [-0.25, -0.2) is 4.79 Å². The average molecular weight is 383 g/mol. The Morgan fingerprint density at radius 3 is 2.88 bits per heavy atom. The van der Waals surface area contributed by atoms with Gasteiger partial charge in [-0.1, -0.05) is 9.64 Å². The van der Waals surface area contributed by atoms with Crippen molar-refractivity contribution in [1.29, 1.82) is 0 Å². The minimum atomic E-state index is -1.16. The topological polar surface area (TPSA) is 134 Å². The zero-order chi connectivity index (χ0) is 18.1. The molecule has 0 saturated carbocycles. The number of hydrogen-bond donors (Lipinski definition) is 2. The minimum absolute atomic E-state index is 0.0197. The number of aliphatic carboxylic acids is 1. The Kier molecular flexibility index (Phi) is 4.72. The molecule has 132 valence electrons. The predicted molar refractivity (Wildman–Crippen MR) is 88.8 cm³/mol. The fourth-order valence-corrected chi connectivity index (χ4v) is 4.28. The highest BCUT2D eigenvalue weighted by Gasteiger charge is 2.54. The number of carbonyl (C=O) groups is 3. The SMILES string of the molecule is CON=C(C(=O)NC1C(=O)N2C(C(=O)O)=C(C)CS[C@@H]12)c1csnn1. The van der Waals surface area contributed by atoms with Gasteiger partial charge in [-0.05, 0) is 24.0 Å². The number of nitrogens with one attached hydrogen (secondary N) is 1. The molecule has 1 aromatic heterocycles. The molecule has 10 nitrogen and oxygen atoms in total. The Morgan fingerprint density at radius 2 is 2.28 bits per heavy atom. The first-order valence-electron chi connectivity index (χ1n) is 7.02. The summed E-state index contributed by atoms with van der Waals surface area (Å²) in [6, 6.07) is -0.839. The third-order valence-corrected chi connectivity index (χ3v) is 5.58. The summed E-state index contributed by atoms with van der Waals surface area (Å²) in [4.78, 5) is 42.0. The van der Waals surface area contributed by atoms with Crippen LogP contribution in [-0.2, 0) is 19.2 Å². The number of nitrogens with zero attached hydrogens (tertiary/aromatic N) is 4. The van der Waals surface area contributed by atoms with Gasteiger partial charge in [0, 0.05) is 11.1 Å². The lowest BCUT2D eigenvalue weighted by Gasteiger charge is -2.49. The van der Waals surface area contributed by atoms with Gasteiger partial charge in [-0.2, -0.15) is 0 Å². The standard InChI is InChI=1S/C13H13N5O5S2/c1-5-3-24-12-8(11(20)18(12)9(5)13(21)22)14-10(19)7(16-23-2)6-4-25-17-15-6/h4,8,12H,3H2,1-2H3,(H,14,19)(H,21,22)/t8?,12-/m0/s1. The second-order valence-corrected chi connectivity index (χ2v) is 6.92. The molecule has 0 aliphatic carbocycles. The number of thioether (sulfide) groups is 1. The second kappa shape index (κ2) is 6.80. The second-order valence-electron chi connectivity index (χ2n) is 5.21. The van der Waals surface area contributed by atoms with Gasteiger partial charge in [0.25, 0.3) is 11.8 Å². The molecule has 1 unspecified atom stereocenters. The summed E-state index contributed by atoms with van der Waals surface area (Å²) in [5.74, 6) is -1.81. The number of carboxylic acids is 1. The highest BCUT2D eigenvalue weighted by atomic mass is 32.2. The molecule has 2 aliphatic heterocycles. The van der Waals surface area contributed by atoms with E-state index in [0.29, 0.717) is 11.3 Å². The van der Waals surface area contributed by atoms with Crippen LogP contribution < -0.4 is 5.32 Å². The fourth-order valence-electron chi connectivity index (χ4n) is 2.55. The van der Waals surface area contributed by atoms with E-state index >= 15 is 0 Å². The van der Waals surface area contributed by atoms with Crippen LogP contribution in [0.2, 0.25) is 0 Å². The van der Waals surface area contributed by atoms with E-state index in [0.717, 1.165) is 11.5 Å². The maximum Gasteiger partial charge on any atom is 0.352 e. The van der Waals surface area contributed by atoms with Gasteiger partial charge in [-0.15, -0.1) is 16.9 Å². The lowest BCUT2D eigenvalue weighted by Crippen LogP contribution is -2.71. The van der Waals surface area contributed by atoms with Crippen LogP contribution in [0.15, 0.2) is 21.8 Å². The van der Waals surface area contributed by atoms with Crippen LogP contribution >= 0.6 is 23.3 Å². The van der Waals surface area contributed by atoms with E-state index in [-0.39, 0.29) is 17.1 Å². The Labute approximate surface area is 150 Å². The Bertz CT molecular complexity index is 791. The van der Waals surface area contributed by atoms with E-state index in [1.54, 1.807) is 6.92 Å². The molecular weight excluding hydrogens is 370 g/mol. The first-order valence-corrected chi connectivity index (χ1v) is 8.91. The molecule has 3 rings (SSSR count). The summed E-state index contributed by atoms with van der Waals surface area (Å²) in [6.45, 7) is 1.67. The minimum Gasteiger partial charge on any atom is -0.477 e. The molecule has 1 saturated heterocycles. The van der Waals surface area contributed by atoms with Crippen molar-refractivity contribution in [2.45, 2.75) is 18.3 Å². The average Bonchev–Trinajstić information content (AvgIpc) is 3.10. The number of β-lactam (4-membered cyclic amide) rings is 1. The van der Waals surface area contributed by atoms with Gasteiger partial charge in [0.1, 0.15) is 29.9 Å². The molecule has 1 aromatic rings. The van der Waals surface area contributed by atoms with Gasteiger partial charge < -0.3 is 15.3 Å². The smallest absolute Gasteiger partial charge is 0.352 e. The zero-order valence-electron chi connectivity index (χ0n) is 13.1. The number of fused-ring (bicyclic) bond motifs is 1. The van der Waals surface area contributed by atoms with Crippen molar-refractivity contribution in [3.8, 4) is 0 Å². The lowest BCUT2D eigenvalue weighted by atomic mass is 10.0. The predicted octanol–water partition coefficient (Wildman–Crippen LogP) is -0.353. The highest BCUT2D eigenvalue weighted by molar-refractivity contribution is 8.00. The van der Waals surface area contributed by atoms with E-state index in [4.69, 9.17) is 0 Å². The van der Waals surface area contributed by atoms with Crippen LogP contribution in [-0.4, -0.2) is 67.4 Å². The summed E-state index contributed by atoms with van der Waals surface area (Å²) in [7, 11) is 1.28. The van der Waals surface area contributed by atoms with Crippen molar-refractivity contribution in [1.82, 2.24) is 19.8 Å². The maximum absolute atomic E-state index is 12.4. The number of rotatable bonds is 5. The molecule has 25 heavy (non-hydrogen) atoms. The number of amides is 2. The molecule has 12 heteroatoms. The van der Waals surface area contributed by atoms with Gasteiger partial charge in [-0.3, -0.25) is 14.5 Å². The molecule has 0 aromatic carbocycles. The van der Waals surface area contributed by atoms with Gasteiger partial charge in [0.15, 0.2) is 5.71 Å². The van der Waals surface area contributed by atoms with Crippen LogP contribution in [0.5, 0.6) is 0 Å². The zero-order valence-corrected chi connectivity index (χ0v) is 14.8. The monoisotopic (exact) mass is 383 g/mol. The van der Waals surface area contributed by atoms with E-state index in [2.05, 4.69) is 24.9 Å². The fraction of sp³-hybridized carbons (Fsp3) is 0.385. The Balaban J connectivity index is 1.77. The van der Waals surface area contributed by atoms with Crippen molar-refractivity contribution in [3.05, 3.63) is 22.3 Å². The molecule has 1 fully saturated rings. The van der Waals surface area contributed by atoms with E-state index < -0.39 is 29.2 Å². The van der Waals surface area contributed by atoms with Gasteiger partial charge in [0.2, 0.25) is 0 Å². The number of oxime groups is 1. The summed E-state index contributed by atoms with van der Waals surface area (Å²) >= 11 is 2.43. The molecule has 0 radical (unpaired) electrons. The van der Waals surface area contributed by atoms with Crippen molar-refractivity contribution in [3.63, 3.8) is 0 Å². The van der Waals surface area contributed by atoms with E-state index in [1.807, 2.05) is 0 Å². The summed E-state index contributed by atoms with van der Waals surface area (Å²) in [5, 5.41) is 20.3. The molecule has 2 atom stereocenters.